The number of rotatable bonds is 6. The molecule has 0 bridgehead atoms. The summed E-state index contributed by atoms with van der Waals surface area (Å²) in [7, 11) is 0. The fourth-order valence-corrected chi connectivity index (χ4v) is 6.93. The number of fused-ring (bicyclic) bond motifs is 6. The summed E-state index contributed by atoms with van der Waals surface area (Å²) in [4.78, 5) is 1.30. The van der Waals surface area contributed by atoms with Crippen LogP contribution in [0.5, 0.6) is 0 Å². The van der Waals surface area contributed by atoms with Crippen molar-refractivity contribution in [3.8, 4) is 33.4 Å². The Labute approximate surface area is 317 Å². The number of furan rings is 1. The standard InChI is InChI=1S/C50H33NO/c1-2-11-34(12-3-1)35-21-23-36(24-22-35)37-25-29-41(30-26-37)51(48-20-10-15-38-13-4-6-16-42(38)48)47-19-9-8-17-43(47)40-28-32-49-46(33-40)45-31-27-39-14-5-7-18-44(39)50(45)52-49/h1-33H/i4D,6D,10D,13D,15D,16D,20D,25D,26D,29D,30D. The van der Waals surface area contributed by atoms with Gasteiger partial charge in [0.05, 0.1) is 26.5 Å². The molecule has 1 aromatic heterocycles. The zero-order chi connectivity index (χ0) is 44.0. The molecule has 0 radical (unpaired) electrons. The van der Waals surface area contributed by atoms with E-state index in [1.807, 2.05) is 97.1 Å². The second-order valence-electron chi connectivity index (χ2n) is 12.5. The first-order valence-corrected chi connectivity index (χ1v) is 16.9. The van der Waals surface area contributed by atoms with Crippen LogP contribution in [0.3, 0.4) is 0 Å². The van der Waals surface area contributed by atoms with Gasteiger partial charge in [0.2, 0.25) is 0 Å². The summed E-state index contributed by atoms with van der Waals surface area (Å²) in [5.41, 5.74) is 4.44. The highest BCUT2D eigenvalue weighted by molar-refractivity contribution is 6.15. The number of anilines is 3. The first-order chi connectivity index (χ1) is 30.4. The Morgan fingerprint density at radius 1 is 0.404 bits per heavy atom. The van der Waals surface area contributed by atoms with Crippen molar-refractivity contribution in [2.45, 2.75) is 0 Å². The van der Waals surface area contributed by atoms with E-state index in [2.05, 4.69) is 0 Å². The van der Waals surface area contributed by atoms with Gasteiger partial charge in [0, 0.05) is 32.8 Å². The van der Waals surface area contributed by atoms with Crippen LogP contribution in [0.4, 0.5) is 17.1 Å². The van der Waals surface area contributed by atoms with Gasteiger partial charge in [-0.25, -0.2) is 0 Å². The minimum Gasteiger partial charge on any atom is -0.455 e. The van der Waals surface area contributed by atoms with E-state index in [4.69, 9.17) is 12.6 Å². The van der Waals surface area contributed by atoms with E-state index in [1.54, 1.807) is 36.4 Å². The van der Waals surface area contributed by atoms with E-state index in [0.717, 1.165) is 32.7 Å². The Morgan fingerprint density at radius 2 is 1.10 bits per heavy atom. The van der Waals surface area contributed by atoms with Gasteiger partial charge < -0.3 is 9.32 Å². The summed E-state index contributed by atoms with van der Waals surface area (Å²) >= 11 is 0. The average Bonchev–Trinajstić information content (AvgIpc) is 3.69. The maximum absolute atomic E-state index is 9.65. The Hall–Kier alpha value is -6.90. The first-order valence-electron chi connectivity index (χ1n) is 22.4. The maximum Gasteiger partial charge on any atom is 0.143 e. The minimum absolute atomic E-state index is 0.0342. The molecule has 0 aliphatic carbocycles. The summed E-state index contributed by atoms with van der Waals surface area (Å²) < 4.78 is 107. The van der Waals surface area contributed by atoms with Crippen molar-refractivity contribution in [2.75, 3.05) is 4.90 Å². The molecule has 2 nitrogen and oxygen atoms in total. The van der Waals surface area contributed by atoms with Crippen LogP contribution in [0, 0.1) is 0 Å². The number of hydrogen-bond acceptors (Lipinski definition) is 2. The van der Waals surface area contributed by atoms with Gasteiger partial charge in [-0.05, 0) is 81.0 Å². The lowest BCUT2D eigenvalue weighted by Crippen LogP contribution is -2.11. The number of benzene rings is 9. The molecule has 0 saturated heterocycles. The second kappa shape index (κ2) is 12.5. The average molecular weight is 675 g/mol. The second-order valence-corrected chi connectivity index (χ2v) is 12.5. The molecule has 1 heterocycles. The molecule has 244 valence electrons. The quantitative estimate of drug-likeness (QED) is 0.175. The molecule has 0 amide bonds. The lowest BCUT2D eigenvalue weighted by Gasteiger charge is -2.29. The molecular formula is C50H33NO. The van der Waals surface area contributed by atoms with Crippen LogP contribution >= 0.6 is 0 Å². The lowest BCUT2D eigenvalue weighted by molar-refractivity contribution is 0.672. The molecule has 10 rings (SSSR count). The highest BCUT2D eigenvalue weighted by Gasteiger charge is 2.20. The van der Waals surface area contributed by atoms with Gasteiger partial charge in [-0.1, -0.05) is 158 Å². The van der Waals surface area contributed by atoms with Crippen LogP contribution in [0.25, 0.3) is 76.9 Å². The molecule has 0 unspecified atom stereocenters. The molecule has 0 N–H and O–H groups in total. The van der Waals surface area contributed by atoms with E-state index in [9.17, 15) is 6.85 Å². The van der Waals surface area contributed by atoms with Crippen molar-refractivity contribution in [1.29, 1.82) is 0 Å². The van der Waals surface area contributed by atoms with Crippen molar-refractivity contribution in [1.82, 2.24) is 0 Å². The zero-order valence-electron chi connectivity index (χ0n) is 38.6. The molecule has 2 heteroatoms. The Balaban J connectivity index is 1.27. The van der Waals surface area contributed by atoms with Crippen LogP contribution in [-0.2, 0) is 0 Å². The molecule has 0 atom stereocenters. The summed E-state index contributed by atoms with van der Waals surface area (Å²) in [6.45, 7) is 0. The van der Waals surface area contributed by atoms with E-state index in [1.165, 1.54) is 4.90 Å². The van der Waals surface area contributed by atoms with Gasteiger partial charge in [0.1, 0.15) is 11.2 Å². The summed E-state index contributed by atoms with van der Waals surface area (Å²) in [6.07, 6.45) is 0. The monoisotopic (exact) mass is 674 g/mol. The summed E-state index contributed by atoms with van der Waals surface area (Å²) in [6, 6.07) is 35.3. The summed E-state index contributed by atoms with van der Waals surface area (Å²) in [5.74, 6) is 0. The van der Waals surface area contributed by atoms with Crippen LogP contribution in [0.2, 0.25) is 0 Å². The highest BCUT2D eigenvalue weighted by atomic mass is 16.3. The van der Waals surface area contributed by atoms with Crippen molar-refractivity contribution < 1.29 is 19.5 Å². The number of nitrogens with zero attached hydrogens (tertiary/aromatic N) is 1. The lowest BCUT2D eigenvalue weighted by atomic mass is 9.98. The fraction of sp³-hybridized carbons (Fsp3) is 0. The van der Waals surface area contributed by atoms with E-state index >= 15 is 0 Å². The predicted molar refractivity (Wildman–Crippen MR) is 220 cm³/mol. The van der Waals surface area contributed by atoms with Crippen molar-refractivity contribution in [2.24, 2.45) is 0 Å². The molecular weight excluding hydrogens is 631 g/mol. The molecule has 10 aromatic rings. The van der Waals surface area contributed by atoms with Crippen LogP contribution in [0.1, 0.15) is 15.1 Å². The van der Waals surface area contributed by atoms with Crippen LogP contribution < -0.4 is 4.90 Å². The highest BCUT2D eigenvalue weighted by Crippen LogP contribution is 2.45. The normalized spacial score (nSPS) is 14.4. The fourth-order valence-electron chi connectivity index (χ4n) is 6.93. The molecule has 0 aliphatic rings. The Kier molecular flexibility index (Phi) is 4.96. The molecule has 0 spiro atoms. The van der Waals surface area contributed by atoms with Gasteiger partial charge in [0.15, 0.2) is 0 Å². The topological polar surface area (TPSA) is 16.4 Å². The molecule has 52 heavy (non-hydrogen) atoms. The molecule has 0 aliphatic heterocycles. The summed E-state index contributed by atoms with van der Waals surface area (Å²) in [5, 5.41) is 3.04. The van der Waals surface area contributed by atoms with Crippen molar-refractivity contribution in [3.63, 3.8) is 0 Å². The van der Waals surface area contributed by atoms with Crippen LogP contribution in [-0.4, -0.2) is 0 Å². The molecule has 9 aromatic carbocycles. The largest absolute Gasteiger partial charge is 0.455 e. The SMILES string of the molecule is [2H]c1c([2H])c(N(c2ccccc2-c2ccc3oc4c5ccccc5ccc4c3c2)c2c([2H])c([2H])c([2H])c3c([2H])c([2H])c([2H])c([2H])c23)c([2H])c([2H])c1-c1ccc(-c2ccccc2)cc1. The Morgan fingerprint density at radius 3 is 1.96 bits per heavy atom. The maximum atomic E-state index is 9.65. The minimum atomic E-state index is -0.645. The van der Waals surface area contributed by atoms with Gasteiger partial charge in [-0.2, -0.15) is 0 Å². The third kappa shape index (κ3) is 5.12. The van der Waals surface area contributed by atoms with Gasteiger partial charge in [0.25, 0.3) is 0 Å². The smallest absolute Gasteiger partial charge is 0.143 e. The van der Waals surface area contributed by atoms with E-state index in [-0.39, 0.29) is 45.5 Å². The van der Waals surface area contributed by atoms with Gasteiger partial charge >= 0.3 is 0 Å². The van der Waals surface area contributed by atoms with Crippen LogP contribution in [0.15, 0.2) is 204 Å². The van der Waals surface area contributed by atoms with E-state index < -0.39 is 54.4 Å². The number of hydrogen-bond donors (Lipinski definition) is 0. The first kappa shape index (κ1) is 20.7. The zero-order valence-corrected chi connectivity index (χ0v) is 27.6. The Bertz CT molecular complexity index is 3500. The van der Waals surface area contributed by atoms with Crippen molar-refractivity contribution >= 4 is 60.5 Å². The predicted octanol–water partition coefficient (Wildman–Crippen LogP) is 14.4. The third-order valence-electron chi connectivity index (χ3n) is 9.45. The van der Waals surface area contributed by atoms with Crippen molar-refractivity contribution in [3.05, 3.63) is 200 Å². The van der Waals surface area contributed by atoms with Gasteiger partial charge in [-0.15, -0.1) is 0 Å². The van der Waals surface area contributed by atoms with E-state index in [0.29, 0.717) is 27.9 Å². The number of para-hydroxylation sites is 1. The molecule has 0 saturated carbocycles. The van der Waals surface area contributed by atoms with Gasteiger partial charge in [-0.3, -0.25) is 0 Å². The molecule has 0 fully saturated rings. The third-order valence-corrected chi connectivity index (χ3v) is 9.45.